The van der Waals surface area contributed by atoms with Crippen molar-refractivity contribution in [2.75, 3.05) is 11.9 Å². The van der Waals surface area contributed by atoms with E-state index in [9.17, 15) is 9.59 Å². The molecular formula is C23H21BrN2O2. The number of halogens is 1. The topological polar surface area (TPSA) is 58.5 Å². The molecule has 3 aromatic carbocycles. The highest BCUT2D eigenvalue weighted by atomic mass is 79.9. The third-order valence-corrected chi connectivity index (χ3v) is 4.95. The second-order valence-electron chi connectivity index (χ2n) is 6.56. The Balaban J connectivity index is 1.50. The molecule has 0 atom stereocenters. The average Bonchev–Trinajstić information content (AvgIpc) is 2.71. The molecule has 0 radical (unpaired) electrons. The lowest BCUT2D eigenvalue weighted by Gasteiger charge is -2.05. The van der Waals surface area contributed by atoms with Crippen LogP contribution in [0.4, 0.5) is 5.69 Å². The lowest BCUT2D eigenvalue weighted by atomic mass is 10.0. The predicted molar refractivity (Wildman–Crippen MR) is 118 cm³/mol. The molecular weight excluding hydrogens is 416 g/mol. The van der Waals surface area contributed by atoms with Crippen LogP contribution in [-0.4, -0.2) is 23.9 Å². The second kappa shape index (κ2) is 9.42. The molecule has 1 amide bonds. The molecule has 0 fully saturated rings. The molecule has 28 heavy (non-hydrogen) atoms. The number of aliphatic imine (C=N–C) groups is 1. The van der Waals surface area contributed by atoms with E-state index in [1.165, 1.54) is 5.39 Å². The van der Waals surface area contributed by atoms with Crippen molar-refractivity contribution in [3.05, 3.63) is 76.8 Å². The molecule has 0 saturated heterocycles. The van der Waals surface area contributed by atoms with Crippen molar-refractivity contribution in [1.29, 1.82) is 0 Å². The van der Waals surface area contributed by atoms with Crippen LogP contribution in [0.1, 0.15) is 25.3 Å². The fourth-order valence-electron chi connectivity index (χ4n) is 2.80. The van der Waals surface area contributed by atoms with Crippen molar-refractivity contribution in [3.63, 3.8) is 0 Å². The summed E-state index contributed by atoms with van der Waals surface area (Å²) in [5, 5.41) is 5.10. The van der Waals surface area contributed by atoms with Crippen molar-refractivity contribution in [1.82, 2.24) is 0 Å². The summed E-state index contributed by atoms with van der Waals surface area (Å²) >= 11 is 3.35. The van der Waals surface area contributed by atoms with Crippen LogP contribution in [0.2, 0.25) is 0 Å². The van der Waals surface area contributed by atoms with E-state index in [0.29, 0.717) is 5.69 Å². The number of benzene rings is 3. The van der Waals surface area contributed by atoms with Crippen molar-refractivity contribution in [3.8, 4) is 0 Å². The quantitative estimate of drug-likeness (QED) is 0.504. The summed E-state index contributed by atoms with van der Waals surface area (Å²) < 4.78 is 0.945. The summed E-state index contributed by atoms with van der Waals surface area (Å²) in [4.78, 5) is 28.5. The van der Waals surface area contributed by atoms with Crippen LogP contribution in [0.3, 0.4) is 0 Å². The molecule has 0 bridgehead atoms. The number of Topliss-reactive ketones (excluding diaryl/α,β-unsaturated/α-hetero) is 1. The minimum Gasteiger partial charge on any atom is -0.326 e. The third kappa shape index (κ3) is 5.60. The highest BCUT2D eigenvalue weighted by molar-refractivity contribution is 9.10. The maximum atomic E-state index is 12.1. The molecule has 0 unspecified atom stereocenters. The molecule has 0 heterocycles. The average molecular weight is 437 g/mol. The first-order chi connectivity index (χ1) is 13.5. The number of nitrogens with one attached hydrogen (secondary N) is 1. The van der Waals surface area contributed by atoms with Crippen LogP contribution >= 0.6 is 15.9 Å². The zero-order valence-corrected chi connectivity index (χ0v) is 17.2. The number of amides is 1. The fourth-order valence-corrected chi connectivity index (χ4v) is 3.07. The number of ketones is 1. The number of nitrogens with zero attached hydrogens (tertiary/aromatic N) is 1. The summed E-state index contributed by atoms with van der Waals surface area (Å²) in [6.45, 7) is 1.99. The van der Waals surface area contributed by atoms with E-state index >= 15 is 0 Å². The maximum Gasteiger partial charge on any atom is 0.224 e. The van der Waals surface area contributed by atoms with Gasteiger partial charge in [-0.05, 0) is 53.6 Å². The zero-order chi connectivity index (χ0) is 19.9. The largest absolute Gasteiger partial charge is 0.326 e. The molecule has 4 nitrogen and oxygen atoms in total. The number of carbonyl (C=O) groups excluding carboxylic acids is 2. The van der Waals surface area contributed by atoms with Gasteiger partial charge >= 0.3 is 0 Å². The fraction of sp³-hybridized carbons (Fsp3) is 0.174. The van der Waals surface area contributed by atoms with Crippen molar-refractivity contribution in [2.45, 2.75) is 19.8 Å². The van der Waals surface area contributed by atoms with Gasteiger partial charge < -0.3 is 5.32 Å². The number of hydrogen-bond acceptors (Lipinski definition) is 3. The molecule has 3 aromatic rings. The lowest BCUT2D eigenvalue weighted by Crippen LogP contribution is -2.14. The maximum absolute atomic E-state index is 12.1. The van der Waals surface area contributed by atoms with E-state index in [-0.39, 0.29) is 31.1 Å². The minimum absolute atomic E-state index is 0.0499. The Labute approximate surface area is 172 Å². The smallest absolute Gasteiger partial charge is 0.224 e. The van der Waals surface area contributed by atoms with E-state index in [1.807, 2.05) is 37.3 Å². The summed E-state index contributed by atoms with van der Waals surface area (Å²) in [5.74, 6) is -0.225. The van der Waals surface area contributed by atoms with Gasteiger partial charge in [-0.1, -0.05) is 52.3 Å². The van der Waals surface area contributed by atoms with Gasteiger partial charge in [0.15, 0.2) is 5.78 Å². The first-order valence-corrected chi connectivity index (χ1v) is 9.88. The van der Waals surface area contributed by atoms with E-state index in [0.717, 1.165) is 21.1 Å². The highest BCUT2D eigenvalue weighted by Crippen LogP contribution is 2.16. The van der Waals surface area contributed by atoms with Gasteiger partial charge in [-0.2, -0.15) is 0 Å². The van der Waals surface area contributed by atoms with Crippen LogP contribution in [0.5, 0.6) is 0 Å². The van der Waals surface area contributed by atoms with Crippen LogP contribution in [0.15, 0.2) is 76.2 Å². The monoisotopic (exact) mass is 436 g/mol. The van der Waals surface area contributed by atoms with E-state index in [2.05, 4.69) is 50.5 Å². The molecule has 0 aliphatic carbocycles. The van der Waals surface area contributed by atoms with Crippen LogP contribution in [-0.2, 0) is 9.59 Å². The minimum atomic E-state index is -0.175. The van der Waals surface area contributed by atoms with Crippen molar-refractivity contribution >= 4 is 49.8 Å². The van der Waals surface area contributed by atoms with Crippen LogP contribution < -0.4 is 5.32 Å². The zero-order valence-electron chi connectivity index (χ0n) is 15.6. The number of rotatable bonds is 7. The molecule has 142 valence electrons. The third-order valence-electron chi connectivity index (χ3n) is 4.42. The van der Waals surface area contributed by atoms with Gasteiger partial charge in [-0.25, -0.2) is 0 Å². The van der Waals surface area contributed by atoms with Gasteiger partial charge in [0.05, 0.1) is 6.54 Å². The van der Waals surface area contributed by atoms with Gasteiger partial charge in [0, 0.05) is 28.7 Å². The standard InChI is InChI=1S/C23H21BrN2O2/c1-16(18-7-6-17-4-2-3-5-19(17)14-18)25-15-22(27)12-13-23(28)26-21-10-8-20(24)9-11-21/h2-11,14H,12-13,15H2,1H3,(H,26,28). The summed E-state index contributed by atoms with van der Waals surface area (Å²) in [6.07, 6.45) is 0.330. The Hall–Kier alpha value is -2.79. The molecule has 0 aromatic heterocycles. The Kier molecular flexibility index (Phi) is 6.71. The summed E-state index contributed by atoms with van der Waals surface area (Å²) in [5.41, 5.74) is 2.53. The Morgan fingerprint density at radius 2 is 1.64 bits per heavy atom. The Morgan fingerprint density at radius 1 is 0.929 bits per heavy atom. The molecule has 0 aliphatic rings. The first-order valence-electron chi connectivity index (χ1n) is 9.08. The summed E-state index contributed by atoms with van der Waals surface area (Å²) in [7, 11) is 0. The summed E-state index contributed by atoms with van der Waals surface area (Å²) in [6, 6.07) is 21.6. The van der Waals surface area contributed by atoms with Gasteiger partial charge in [-0.15, -0.1) is 0 Å². The van der Waals surface area contributed by atoms with Crippen LogP contribution in [0, 0.1) is 0 Å². The molecule has 0 saturated carbocycles. The molecule has 3 rings (SSSR count). The molecule has 5 heteroatoms. The van der Waals surface area contributed by atoms with Gasteiger partial charge in [0.1, 0.15) is 0 Å². The number of anilines is 1. The van der Waals surface area contributed by atoms with E-state index in [4.69, 9.17) is 0 Å². The SMILES string of the molecule is CC(=NCC(=O)CCC(=O)Nc1ccc(Br)cc1)c1ccc2ccccc2c1. The Morgan fingerprint density at radius 3 is 2.39 bits per heavy atom. The van der Waals surface area contributed by atoms with E-state index in [1.54, 1.807) is 12.1 Å². The lowest BCUT2D eigenvalue weighted by molar-refractivity contribution is -0.122. The molecule has 1 N–H and O–H groups in total. The molecule has 0 spiro atoms. The van der Waals surface area contributed by atoms with Crippen molar-refractivity contribution in [2.24, 2.45) is 4.99 Å². The van der Waals surface area contributed by atoms with Gasteiger partial charge in [-0.3, -0.25) is 14.6 Å². The first kappa shape index (κ1) is 20.0. The predicted octanol–water partition coefficient (Wildman–Crippen LogP) is 5.40. The van der Waals surface area contributed by atoms with Crippen LogP contribution in [0.25, 0.3) is 10.8 Å². The second-order valence-corrected chi connectivity index (χ2v) is 7.47. The van der Waals surface area contributed by atoms with Crippen molar-refractivity contribution < 1.29 is 9.59 Å². The van der Waals surface area contributed by atoms with E-state index < -0.39 is 0 Å². The van der Waals surface area contributed by atoms with Gasteiger partial charge in [0.25, 0.3) is 0 Å². The normalized spacial score (nSPS) is 11.4. The van der Waals surface area contributed by atoms with Gasteiger partial charge in [0.2, 0.25) is 5.91 Å². The molecule has 0 aliphatic heterocycles. The number of fused-ring (bicyclic) bond motifs is 1. The number of carbonyl (C=O) groups is 2. The Bertz CT molecular complexity index is 1030. The number of hydrogen-bond donors (Lipinski definition) is 1. The highest BCUT2D eigenvalue weighted by Gasteiger charge is 2.08.